The molecule has 6 heteroatoms. The molecule has 0 saturated carbocycles. The number of aromatic nitrogens is 2. The van der Waals surface area contributed by atoms with E-state index in [0.717, 1.165) is 11.3 Å². The van der Waals surface area contributed by atoms with Gasteiger partial charge in [-0.15, -0.1) is 0 Å². The quantitative estimate of drug-likeness (QED) is 0.521. The summed E-state index contributed by atoms with van der Waals surface area (Å²) in [6.07, 6.45) is 1.90. The minimum absolute atomic E-state index is 0.301. The average molecular weight is 257 g/mol. The van der Waals surface area contributed by atoms with Crippen LogP contribution in [0.1, 0.15) is 31.0 Å². The highest BCUT2D eigenvalue weighted by molar-refractivity contribution is 5.20. The summed E-state index contributed by atoms with van der Waals surface area (Å²) in [6.45, 7) is 3.60. The molecule has 0 bridgehead atoms. The Labute approximate surface area is 107 Å². The number of aliphatic hydroxyl groups is 3. The molecule has 18 heavy (non-hydrogen) atoms. The number of hydrogen-bond acceptors (Lipinski definition) is 5. The Kier molecular flexibility index (Phi) is 5.28. The largest absolute Gasteiger partial charge is 0.394 e. The SMILES string of the molecule is CC(C)c1nn(C)cc1CNC(CO)(CO)CO. The zero-order chi connectivity index (χ0) is 13.8. The lowest BCUT2D eigenvalue weighted by Gasteiger charge is -2.28. The number of aliphatic hydroxyl groups excluding tert-OH is 3. The molecule has 0 fully saturated rings. The van der Waals surface area contributed by atoms with Crippen LogP contribution >= 0.6 is 0 Å². The highest BCUT2D eigenvalue weighted by atomic mass is 16.3. The van der Waals surface area contributed by atoms with Crippen molar-refractivity contribution in [1.82, 2.24) is 15.1 Å². The van der Waals surface area contributed by atoms with Gasteiger partial charge in [-0.1, -0.05) is 13.8 Å². The zero-order valence-electron chi connectivity index (χ0n) is 11.2. The van der Waals surface area contributed by atoms with E-state index >= 15 is 0 Å². The summed E-state index contributed by atoms with van der Waals surface area (Å²) in [5.41, 5.74) is 0.935. The van der Waals surface area contributed by atoms with Crippen LogP contribution in [0.3, 0.4) is 0 Å². The maximum absolute atomic E-state index is 9.23. The van der Waals surface area contributed by atoms with Crippen LogP contribution in [0.4, 0.5) is 0 Å². The van der Waals surface area contributed by atoms with E-state index in [2.05, 4.69) is 24.3 Å². The van der Waals surface area contributed by atoms with Gasteiger partial charge in [0.1, 0.15) is 0 Å². The lowest BCUT2D eigenvalue weighted by atomic mass is 10.0. The number of nitrogens with one attached hydrogen (secondary N) is 1. The van der Waals surface area contributed by atoms with Gasteiger partial charge in [0.2, 0.25) is 0 Å². The molecule has 0 atom stereocenters. The van der Waals surface area contributed by atoms with Gasteiger partial charge in [-0.3, -0.25) is 4.68 Å². The first-order chi connectivity index (χ1) is 8.48. The predicted octanol–water partition coefficient (Wildman–Crippen LogP) is -0.651. The van der Waals surface area contributed by atoms with Gasteiger partial charge >= 0.3 is 0 Å². The topological polar surface area (TPSA) is 90.5 Å². The number of hydrogen-bond donors (Lipinski definition) is 4. The van der Waals surface area contributed by atoms with Gasteiger partial charge in [0.25, 0.3) is 0 Å². The van der Waals surface area contributed by atoms with Crippen molar-refractivity contribution < 1.29 is 15.3 Å². The first kappa shape index (κ1) is 15.1. The molecule has 1 aromatic heterocycles. The third-order valence-electron chi connectivity index (χ3n) is 3.05. The molecule has 0 aromatic carbocycles. The molecule has 1 heterocycles. The Morgan fingerprint density at radius 3 is 2.28 bits per heavy atom. The molecule has 0 saturated heterocycles. The molecule has 0 aliphatic carbocycles. The molecule has 1 rings (SSSR count). The Morgan fingerprint density at radius 2 is 1.83 bits per heavy atom. The van der Waals surface area contributed by atoms with Gasteiger partial charge in [0.05, 0.1) is 31.1 Å². The molecule has 6 nitrogen and oxygen atoms in total. The van der Waals surface area contributed by atoms with Crippen LogP contribution < -0.4 is 5.32 Å². The predicted molar refractivity (Wildman–Crippen MR) is 68.1 cm³/mol. The molecule has 4 N–H and O–H groups in total. The minimum Gasteiger partial charge on any atom is -0.394 e. The van der Waals surface area contributed by atoms with Crippen LogP contribution in [0.25, 0.3) is 0 Å². The van der Waals surface area contributed by atoms with Crippen molar-refractivity contribution in [3.05, 3.63) is 17.5 Å². The maximum Gasteiger partial charge on any atom is 0.0884 e. The lowest BCUT2D eigenvalue weighted by molar-refractivity contribution is 0.0413. The monoisotopic (exact) mass is 257 g/mol. The molecular formula is C12H23N3O3. The third kappa shape index (κ3) is 3.29. The van der Waals surface area contributed by atoms with Crippen molar-refractivity contribution in [2.24, 2.45) is 7.05 Å². The Hall–Kier alpha value is -0.950. The molecule has 104 valence electrons. The second-order valence-corrected chi connectivity index (χ2v) is 4.98. The lowest BCUT2D eigenvalue weighted by Crippen LogP contribution is -2.54. The van der Waals surface area contributed by atoms with Crippen molar-refractivity contribution in [2.75, 3.05) is 19.8 Å². The van der Waals surface area contributed by atoms with E-state index in [1.807, 2.05) is 13.2 Å². The van der Waals surface area contributed by atoms with Crippen molar-refractivity contribution in [3.8, 4) is 0 Å². The minimum atomic E-state index is -1.05. The van der Waals surface area contributed by atoms with Gasteiger partial charge < -0.3 is 20.6 Å². The molecular weight excluding hydrogens is 234 g/mol. The molecule has 0 amide bonds. The summed E-state index contributed by atoms with van der Waals surface area (Å²) < 4.78 is 1.74. The van der Waals surface area contributed by atoms with Gasteiger partial charge in [-0.05, 0) is 5.92 Å². The van der Waals surface area contributed by atoms with E-state index in [0.29, 0.717) is 12.5 Å². The fraction of sp³-hybridized carbons (Fsp3) is 0.750. The highest BCUT2D eigenvalue weighted by Gasteiger charge is 2.27. The Morgan fingerprint density at radius 1 is 1.28 bits per heavy atom. The second-order valence-electron chi connectivity index (χ2n) is 4.98. The van der Waals surface area contributed by atoms with E-state index in [9.17, 15) is 15.3 Å². The maximum atomic E-state index is 9.23. The number of nitrogens with zero attached hydrogens (tertiary/aromatic N) is 2. The Bertz CT molecular complexity index is 364. The van der Waals surface area contributed by atoms with E-state index in [1.54, 1.807) is 4.68 Å². The Balaban J connectivity index is 2.79. The smallest absolute Gasteiger partial charge is 0.0884 e. The molecule has 0 aliphatic rings. The standard InChI is InChI=1S/C12H23N3O3/c1-9(2)11-10(5-15(3)14-11)4-13-12(6-16,7-17)8-18/h5,9,13,16-18H,4,6-8H2,1-3H3. The molecule has 0 unspecified atom stereocenters. The summed E-state index contributed by atoms with van der Waals surface area (Å²) in [6, 6.07) is 0. The summed E-state index contributed by atoms with van der Waals surface area (Å²) in [7, 11) is 1.85. The van der Waals surface area contributed by atoms with Crippen LogP contribution in [0.15, 0.2) is 6.20 Å². The molecule has 0 radical (unpaired) electrons. The third-order valence-corrected chi connectivity index (χ3v) is 3.05. The summed E-state index contributed by atoms with van der Waals surface area (Å²) in [4.78, 5) is 0. The molecule has 0 aliphatic heterocycles. The number of rotatable bonds is 7. The fourth-order valence-electron chi connectivity index (χ4n) is 1.78. The van der Waals surface area contributed by atoms with Crippen molar-refractivity contribution >= 4 is 0 Å². The fourth-order valence-corrected chi connectivity index (χ4v) is 1.78. The van der Waals surface area contributed by atoms with E-state index < -0.39 is 5.54 Å². The van der Waals surface area contributed by atoms with E-state index in [-0.39, 0.29) is 19.8 Å². The van der Waals surface area contributed by atoms with Crippen molar-refractivity contribution in [2.45, 2.75) is 31.8 Å². The van der Waals surface area contributed by atoms with Crippen LogP contribution in [-0.4, -0.2) is 50.5 Å². The first-order valence-electron chi connectivity index (χ1n) is 6.08. The van der Waals surface area contributed by atoms with Crippen molar-refractivity contribution in [3.63, 3.8) is 0 Å². The van der Waals surface area contributed by atoms with Crippen LogP contribution in [0.5, 0.6) is 0 Å². The normalized spacial score (nSPS) is 12.4. The molecule has 0 spiro atoms. The second kappa shape index (κ2) is 6.29. The summed E-state index contributed by atoms with van der Waals surface area (Å²) in [5.74, 6) is 0.301. The first-order valence-corrected chi connectivity index (χ1v) is 6.08. The number of aryl methyl sites for hydroxylation is 1. The van der Waals surface area contributed by atoms with E-state index in [4.69, 9.17) is 0 Å². The highest BCUT2D eigenvalue weighted by Crippen LogP contribution is 2.17. The van der Waals surface area contributed by atoms with Crippen LogP contribution in [0, 0.1) is 0 Å². The van der Waals surface area contributed by atoms with Crippen LogP contribution in [0.2, 0.25) is 0 Å². The zero-order valence-corrected chi connectivity index (χ0v) is 11.2. The van der Waals surface area contributed by atoms with Crippen LogP contribution in [-0.2, 0) is 13.6 Å². The molecule has 1 aromatic rings. The van der Waals surface area contributed by atoms with Gasteiger partial charge in [0, 0.05) is 25.4 Å². The summed E-state index contributed by atoms with van der Waals surface area (Å²) >= 11 is 0. The summed E-state index contributed by atoms with van der Waals surface area (Å²) in [5, 5.41) is 35.1. The van der Waals surface area contributed by atoms with Gasteiger partial charge in [-0.25, -0.2) is 0 Å². The van der Waals surface area contributed by atoms with Crippen molar-refractivity contribution in [1.29, 1.82) is 0 Å². The van der Waals surface area contributed by atoms with Gasteiger partial charge in [-0.2, -0.15) is 5.10 Å². The van der Waals surface area contributed by atoms with Gasteiger partial charge in [0.15, 0.2) is 0 Å². The van der Waals surface area contributed by atoms with E-state index in [1.165, 1.54) is 0 Å². The average Bonchev–Trinajstić information content (AvgIpc) is 2.73.